The highest BCUT2D eigenvalue weighted by atomic mass is 79.9. The predicted molar refractivity (Wildman–Crippen MR) is 81.3 cm³/mol. The van der Waals surface area contributed by atoms with Gasteiger partial charge >= 0.3 is 0 Å². The van der Waals surface area contributed by atoms with Gasteiger partial charge in [-0.15, -0.1) is 0 Å². The van der Waals surface area contributed by atoms with E-state index >= 15 is 0 Å². The molecule has 0 radical (unpaired) electrons. The summed E-state index contributed by atoms with van der Waals surface area (Å²) in [5.74, 6) is -1.92. The normalized spacial score (nSPS) is 11.5. The van der Waals surface area contributed by atoms with Crippen molar-refractivity contribution in [1.29, 1.82) is 0 Å². The summed E-state index contributed by atoms with van der Waals surface area (Å²) in [6.45, 7) is 0. The monoisotopic (exact) mass is 415 g/mol. The fourth-order valence-electron chi connectivity index (χ4n) is 1.49. The molecule has 9 heteroatoms. The fourth-order valence-corrected chi connectivity index (χ4v) is 3.66. The van der Waals surface area contributed by atoms with E-state index in [2.05, 4.69) is 15.9 Å². The molecular formula is C12H6BrCl2F2NO2S. The second kappa shape index (κ2) is 6.08. The smallest absolute Gasteiger partial charge is 0.263 e. The van der Waals surface area contributed by atoms with Crippen molar-refractivity contribution >= 4 is 54.8 Å². The van der Waals surface area contributed by atoms with Crippen LogP contribution in [0.5, 0.6) is 0 Å². The van der Waals surface area contributed by atoms with Crippen molar-refractivity contribution in [2.45, 2.75) is 4.90 Å². The maximum absolute atomic E-state index is 13.8. The Morgan fingerprint density at radius 1 is 1.10 bits per heavy atom. The van der Waals surface area contributed by atoms with Crippen molar-refractivity contribution in [1.82, 2.24) is 0 Å². The molecular weight excluding hydrogens is 411 g/mol. The van der Waals surface area contributed by atoms with E-state index < -0.39 is 31.8 Å². The SMILES string of the molecule is O=S(=O)(Nc1ccc(F)c(Br)c1F)c1cc(Cl)ccc1Cl. The van der Waals surface area contributed by atoms with Gasteiger partial charge in [0.2, 0.25) is 0 Å². The van der Waals surface area contributed by atoms with E-state index in [0.29, 0.717) is 0 Å². The zero-order chi connectivity index (χ0) is 15.8. The summed E-state index contributed by atoms with van der Waals surface area (Å²) in [7, 11) is -4.17. The summed E-state index contributed by atoms with van der Waals surface area (Å²) >= 11 is 14.2. The van der Waals surface area contributed by atoms with E-state index in [4.69, 9.17) is 23.2 Å². The largest absolute Gasteiger partial charge is 0.277 e. The Bertz CT molecular complexity index is 815. The molecule has 21 heavy (non-hydrogen) atoms. The third-order valence-electron chi connectivity index (χ3n) is 2.46. The Morgan fingerprint density at radius 2 is 1.76 bits per heavy atom. The van der Waals surface area contributed by atoms with Crippen LogP contribution in [0.15, 0.2) is 39.7 Å². The van der Waals surface area contributed by atoms with Crippen LogP contribution in [-0.4, -0.2) is 8.42 Å². The first-order chi connectivity index (χ1) is 9.72. The Labute approximate surface area is 138 Å². The number of halogens is 5. The average molecular weight is 417 g/mol. The van der Waals surface area contributed by atoms with E-state index in [1.807, 2.05) is 4.72 Å². The fraction of sp³-hybridized carbons (Fsp3) is 0. The lowest BCUT2D eigenvalue weighted by Gasteiger charge is -2.11. The molecule has 0 aliphatic heterocycles. The molecule has 2 rings (SSSR count). The van der Waals surface area contributed by atoms with Crippen LogP contribution in [0.4, 0.5) is 14.5 Å². The second-order valence-corrected chi connectivity index (χ2v) is 7.19. The molecule has 0 aliphatic carbocycles. The Hall–Kier alpha value is -0.890. The Kier molecular flexibility index (Phi) is 4.77. The molecule has 0 spiro atoms. The summed E-state index contributed by atoms with van der Waals surface area (Å²) < 4.78 is 52.9. The highest BCUT2D eigenvalue weighted by Gasteiger charge is 2.21. The molecule has 3 nitrogen and oxygen atoms in total. The zero-order valence-corrected chi connectivity index (χ0v) is 13.9. The molecule has 0 aliphatic rings. The number of hydrogen-bond donors (Lipinski definition) is 1. The predicted octanol–water partition coefficient (Wildman–Crippen LogP) is 4.83. The lowest BCUT2D eigenvalue weighted by Crippen LogP contribution is -2.15. The van der Waals surface area contributed by atoms with Gasteiger partial charge in [-0.3, -0.25) is 4.72 Å². The molecule has 0 unspecified atom stereocenters. The van der Waals surface area contributed by atoms with Gasteiger partial charge in [-0.25, -0.2) is 17.2 Å². The van der Waals surface area contributed by atoms with Crippen LogP contribution in [0.2, 0.25) is 10.0 Å². The lowest BCUT2D eigenvalue weighted by molar-refractivity contribution is 0.572. The van der Waals surface area contributed by atoms with Gasteiger partial charge in [0, 0.05) is 5.02 Å². The van der Waals surface area contributed by atoms with Crippen LogP contribution >= 0.6 is 39.1 Å². The number of sulfonamides is 1. The number of anilines is 1. The van der Waals surface area contributed by atoms with E-state index in [1.165, 1.54) is 12.1 Å². The van der Waals surface area contributed by atoms with Crippen LogP contribution in [0.25, 0.3) is 0 Å². The van der Waals surface area contributed by atoms with Crippen LogP contribution in [0.3, 0.4) is 0 Å². The van der Waals surface area contributed by atoms with Gasteiger partial charge in [0.05, 0.1) is 15.2 Å². The van der Waals surface area contributed by atoms with Crippen molar-refractivity contribution in [3.8, 4) is 0 Å². The van der Waals surface area contributed by atoms with Gasteiger partial charge in [-0.2, -0.15) is 0 Å². The molecule has 0 fully saturated rings. The number of nitrogens with one attached hydrogen (secondary N) is 1. The van der Waals surface area contributed by atoms with Crippen molar-refractivity contribution in [2.24, 2.45) is 0 Å². The summed E-state index contributed by atoms with van der Waals surface area (Å²) in [6, 6.07) is 5.73. The zero-order valence-electron chi connectivity index (χ0n) is 10.0. The number of benzene rings is 2. The summed E-state index contributed by atoms with van der Waals surface area (Å²) in [4.78, 5) is -0.309. The molecule has 2 aromatic rings. The van der Waals surface area contributed by atoms with Gasteiger partial charge in [0.15, 0.2) is 5.82 Å². The maximum atomic E-state index is 13.8. The quantitative estimate of drug-likeness (QED) is 0.728. The van der Waals surface area contributed by atoms with Crippen molar-refractivity contribution in [3.05, 3.63) is 56.5 Å². The Morgan fingerprint density at radius 3 is 2.43 bits per heavy atom. The van der Waals surface area contributed by atoms with Crippen molar-refractivity contribution in [3.63, 3.8) is 0 Å². The first kappa shape index (κ1) is 16.5. The van der Waals surface area contributed by atoms with E-state index in [-0.39, 0.29) is 14.9 Å². The van der Waals surface area contributed by atoms with Crippen molar-refractivity contribution in [2.75, 3.05) is 4.72 Å². The van der Waals surface area contributed by atoms with Crippen LogP contribution in [0, 0.1) is 11.6 Å². The summed E-state index contributed by atoms with van der Waals surface area (Å²) in [5, 5.41) is 0.0778. The van der Waals surface area contributed by atoms with Gasteiger partial charge in [0.1, 0.15) is 10.7 Å². The second-order valence-electron chi connectivity index (χ2n) is 3.90. The molecule has 1 N–H and O–H groups in total. The molecule has 0 heterocycles. The third-order valence-corrected chi connectivity index (χ3v) is 5.27. The topological polar surface area (TPSA) is 46.2 Å². The highest BCUT2D eigenvalue weighted by molar-refractivity contribution is 9.10. The highest BCUT2D eigenvalue weighted by Crippen LogP contribution is 2.30. The van der Waals surface area contributed by atoms with Gasteiger partial charge in [-0.1, -0.05) is 23.2 Å². The molecule has 112 valence electrons. The molecule has 0 amide bonds. The van der Waals surface area contributed by atoms with Crippen molar-refractivity contribution < 1.29 is 17.2 Å². The lowest BCUT2D eigenvalue weighted by atomic mass is 10.3. The minimum Gasteiger partial charge on any atom is -0.277 e. The molecule has 0 aromatic heterocycles. The van der Waals surface area contributed by atoms with E-state index in [9.17, 15) is 17.2 Å². The molecule has 0 atom stereocenters. The number of hydrogen-bond acceptors (Lipinski definition) is 2. The van der Waals surface area contributed by atoms with Gasteiger partial charge < -0.3 is 0 Å². The van der Waals surface area contributed by atoms with E-state index in [1.54, 1.807) is 0 Å². The summed E-state index contributed by atoms with van der Waals surface area (Å²) in [6.07, 6.45) is 0. The minimum atomic E-state index is -4.17. The Balaban J connectivity index is 2.47. The van der Waals surface area contributed by atoms with Crippen LogP contribution in [0.1, 0.15) is 0 Å². The molecule has 0 saturated carbocycles. The minimum absolute atomic E-state index is 0.0755. The van der Waals surface area contributed by atoms with Crippen LogP contribution < -0.4 is 4.72 Å². The third kappa shape index (κ3) is 3.48. The van der Waals surface area contributed by atoms with E-state index in [0.717, 1.165) is 18.2 Å². The maximum Gasteiger partial charge on any atom is 0.263 e. The summed E-state index contributed by atoms with van der Waals surface area (Å²) in [5.41, 5.74) is -0.417. The number of rotatable bonds is 3. The van der Waals surface area contributed by atoms with Gasteiger partial charge in [0.25, 0.3) is 10.0 Å². The molecule has 0 saturated heterocycles. The first-order valence-corrected chi connectivity index (χ1v) is 8.37. The first-order valence-electron chi connectivity index (χ1n) is 5.34. The molecule has 0 bridgehead atoms. The average Bonchev–Trinajstić information content (AvgIpc) is 2.42. The van der Waals surface area contributed by atoms with Crippen LogP contribution in [-0.2, 0) is 10.0 Å². The van der Waals surface area contributed by atoms with Gasteiger partial charge in [-0.05, 0) is 46.3 Å². The molecule has 2 aromatic carbocycles. The standard InChI is InChI=1S/C12H6BrCl2F2NO2S/c13-11-8(16)3-4-9(12(11)17)18-21(19,20)10-5-6(14)1-2-7(10)15/h1-5,18H.